The van der Waals surface area contributed by atoms with Crippen LogP contribution in [-0.4, -0.2) is 24.9 Å². The third-order valence-corrected chi connectivity index (χ3v) is 8.09. The van der Waals surface area contributed by atoms with Gasteiger partial charge in [-0.15, -0.1) is 0 Å². The molecule has 24 heavy (non-hydrogen) atoms. The summed E-state index contributed by atoms with van der Waals surface area (Å²) in [4.78, 5) is 14.3. The first-order chi connectivity index (χ1) is 11.5. The molecule has 2 fully saturated rings. The average molecular weight is 328 g/mol. The summed E-state index contributed by atoms with van der Waals surface area (Å²) < 4.78 is 0. The largest absolute Gasteiger partial charge is 0.349 e. The van der Waals surface area contributed by atoms with Gasteiger partial charge in [0.25, 0.3) is 0 Å². The molecule has 0 aliphatic heterocycles. The second-order valence-electron chi connectivity index (χ2n) is 9.34. The lowest BCUT2D eigenvalue weighted by atomic mass is 9.47. The average Bonchev–Trinajstić information content (AvgIpc) is 2.97. The van der Waals surface area contributed by atoms with E-state index in [0.29, 0.717) is 17.2 Å². The molecule has 0 unspecified atom stereocenters. The summed E-state index contributed by atoms with van der Waals surface area (Å²) in [6, 6.07) is 0. The highest BCUT2D eigenvalue weighted by Gasteiger charge is 2.56. The van der Waals surface area contributed by atoms with Gasteiger partial charge in [0.05, 0.1) is 0 Å². The molecule has 132 valence electrons. The minimum atomic E-state index is 0.152. The summed E-state index contributed by atoms with van der Waals surface area (Å²) in [5.74, 6) is 2.64. The van der Waals surface area contributed by atoms with Gasteiger partial charge in [0.1, 0.15) is 0 Å². The Hall–Kier alpha value is -1.05. The topological polar surface area (TPSA) is 20.3 Å². The van der Waals surface area contributed by atoms with Crippen LogP contribution in [-0.2, 0) is 4.79 Å². The fourth-order valence-corrected chi connectivity index (χ4v) is 6.72. The molecule has 0 aromatic rings. The van der Waals surface area contributed by atoms with Crippen LogP contribution in [0, 0.1) is 28.6 Å². The lowest BCUT2D eigenvalue weighted by Gasteiger charge is -2.57. The summed E-state index contributed by atoms with van der Waals surface area (Å²) in [6.45, 7) is 2.56. The van der Waals surface area contributed by atoms with Gasteiger partial charge >= 0.3 is 0 Å². The number of carbonyl (C=O) groups excluding carboxylic acids is 1. The summed E-state index contributed by atoms with van der Waals surface area (Å²) in [7, 11) is 3.80. The minimum absolute atomic E-state index is 0.152. The molecular formula is C22H33NO. The summed E-state index contributed by atoms with van der Waals surface area (Å²) >= 11 is 0. The number of allylic oxidation sites excluding steroid dienone is 4. The van der Waals surface area contributed by atoms with Crippen LogP contribution in [0.5, 0.6) is 0 Å². The molecule has 2 nitrogen and oxygen atoms in total. The Balaban J connectivity index is 1.63. The molecule has 2 saturated carbocycles. The van der Waals surface area contributed by atoms with Crippen molar-refractivity contribution in [1.29, 1.82) is 0 Å². The van der Waals surface area contributed by atoms with E-state index in [1.165, 1.54) is 51.4 Å². The number of nitrogens with zero attached hydrogens (tertiary/aromatic N) is 1. The Kier molecular flexibility index (Phi) is 3.93. The maximum atomic E-state index is 12.5. The monoisotopic (exact) mass is 327 g/mol. The molecule has 0 saturated heterocycles. The van der Waals surface area contributed by atoms with Crippen molar-refractivity contribution in [1.82, 2.24) is 4.90 Å². The van der Waals surface area contributed by atoms with Crippen molar-refractivity contribution in [3.8, 4) is 0 Å². The van der Waals surface area contributed by atoms with E-state index in [2.05, 4.69) is 25.2 Å². The fourth-order valence-electron chi connectivity index (χ4n) is 6.72. The number of hydrogen-bond acceptors (Lipinski definition) is 1. The van der Waals surface area contributed by atoms with Gasteiger partial charge in [0, 0.05) is 25.9 Å². The highest BCUT2D eigenvalue weighted by atomic mass is 16.2. The molecule has 2 heteroatoms. The van der Waals surface area contributed by atoms with Crippen molar-refractivity contribution in [2.75, 3.05) is 14.1 Å². The highest BCUT2D eigenvalue weighted by molar-refractivity contribution is 5.76. The number of carbonyl (C=O) groups is 1. The molecule has 0 aromatic heterocycles. The summed E-state index contributed by atoms with van der Waals surface area (Å²) in [6.07, 6.45) is 18.7. The van der Waals surface area contributed by atoms with Crippen LogP contribution < -0.4 is 0 Å². The standard InChI is InChI=1S/C22H33NO/c1-21-12-5-4-7-16(21)9-10-17-18(21)11-14-22(13-6-8-19(17)22)15-20(24)23(2)3/h6,9,13,17-19H,4-5,7-8,10-12,14-15H2,1-3H3/t17-,18+,19+,21+,22+/m1/s1. The Bertz CT molecular complexity index is 589. The van der Waals surface area contributed by atoms with E-state index in [-0.39, 0.29) is 5.41 Å². The molecule has 0 N–H and O–H groups in total. The van der Waals surface area contributed by atoms with Gasteiger partial charge in [-0.05, 0) is 68.1 Å². The van der Waals surface area contributed by atoms with Crippen LogP contribution in [0.1, 0.15) is 64.7 Å². The number of amides is 1. The van der Waals surface area contributed by atoms with Gasteiger partial charge in [-0.3, -0.25) is 4.79 Å². The number of hydrogen-bond donors (Lipinski definition) is 0. The van der Waals surface area contributed by atoms with Crippen LogP contribution in [0.15, 0.2) is 23.8 Å². The molecule has 1 amide bonds. The molecule has 5 atom stereocenters. The van der Waals surface area contributed by atoms with Crippen LogP contribution in [0.3, 0.4) is 0 Å². The Morgan fingerprint density at radius 2 is 2.04 bits per heavy atom. The Morgan fingerprint density at radius 3 is 2.83 bits per heavy atom. The highest BCUT2D eigenvalue weighted by Crippen LogP contribution is 2.64. The number of rotatable bonds is 2. The van der Waals surface area contributed by atoms with Crippen LogP contribution in [0.2, 0.25) is 0 Å². The SMILES string of the molecule is CN(C)C(=O)C[C@@]12C=CC[C@H]1[C@@H]1CC=C3CCCC[C@]3(C)[C@H]1CC2. The lowest BCUT2D eigenvalue weighted by molar-refractivity contribution is -0.133. The second kappa shape index (κ2) is 5.75. The molecule has 0 heterocycles. The minimum Gasteiger partial charge on any atom is -0.349 e. The summed E-state index contributed by atoms with van der Waals surface area (Å²) in [5.41, 5.74) is 2.39. The number of fused-ring (bicyclic) bond motifs is 5. The van der Waals surface area contributed by atoms with E-state index in [4.69, 9.17) is 0 Å². The molecule has 4 rings (SSSR count). The smallest absolute Gasteiger partial charge is 0.222 e. The lowest BCUT2D eigenvalue weighted by Crippen LogP contribution is -2.50. The van der Waals surface area contributed by atoms with Gasteiger partial charge in [-0.2, -0.15) is 0 Å². The van der Waals surface area contributed by atoms with E-state index in [1.807, 2.05) is 14.1 Å². The van der Waals surface area contributed by atoms with Crippen molar-refractivity contribution in [2.24, 2.45) is 28.6 Å². The van der Waals surface area contributed by atoms with Crippen molar-refractivity contribution in [2.45, 2.75) is 64.7 Å². The van der Waals surface area contributed by atoms with E-state index < -0.39 is 0 Å². The van der Waals surface area contributed by atoms with Gasteiger partial charge < -0.3 is 4.90 Å². The van der Waals surface area contributed by atoms with Crippen LogP contribution in [0.25, 0.3) is 0 Å². The van der Waals surface area contributed by atoms with Gasteiger partial charge in [0.15, 0.2) is 0 Å². The first kappa shape index (κ1) is 16.4. The zero-order valence-electron chi connectivity index (χ0n) is 15.7. The van der Waals surface area contributed by atoms with Crippen LogP contribution >= 0.6 is 0 Å². The predicted molar refractivity (Wildman–Crippen MR) is 98.5 cm³/mol. The van der Waals surface area contributed by atoms with E-state index in [0.717, 1.165) is 18.3 Å². The molecule has 0 radical (unpaired) electrons. The molecule has 0 spiro atoms. The molecule has 0 bridgehead atoms. The van der Waals surface area contributed by atoms with Crippen molar-refractivity contribution < 1.29 is 4.79 Å². The quantitative estimate of drug-likeness (QED) is 0.656. The van der Waals surface area contributed by atoms with E-state index >= 15 is 0 Å². The predicted octanol–water partition coefficient (Wildman–Crippen LogP) is 4.96. The zero-order chi connectivity index (χ0) is 16.9. The molecule has 4 aliphatic carbocycles. The second-order valence-corrected chi connectivity index (χ2v) is 9.34. The van der Waals surface area contributed by atoms with Gasteiger partial charge in [-0.25, -0.2) is 0 Å². The third kappa shape index (κ3) is 2.32. The third-order valence-electron chi connectivity index (χ3n) is 8.09. The first-order valence-electron chi connectivity index (χ1n) is 10.0. The first-order valence-corrected chi connectivity index (χ1v) is 10.0. The van der Waals surface area contributed by atoms with Crippen LogP contribution in [0.4, 0.5) is 0 Å². The zero-order valence-corrected chi connectivity index (χ0v) is 15.7. The summed E-state index contributed by atoms with van der Waals surface area (Å²) in [5, 5.41) is 0. The molecule has 4 aliphatic rings. The maximum absolute atomic E-state index is 12.5. The van der Waals surface area contributed by atoms with Gasteiger partial charge in [-0.1, -0.05) is 37.1 Å². The van der Waals surface area contributed by atoms with Crippen molar-refractivity contribution >= 4 is 5.91 Å². The maximum Gasteiger partial charge on any atom is 0.222 e. The van der Waals surface area contributed by atoms with Crippen molar-refractivity contribution in [3.05, 3.63) is 23.8 Å². The van der Waals surface area contributed by atoms with E-state index in [1.54, 1.807) is 10.5 Å². The molecule has 0 aromatic carbocycles. The van der Waals surface area contributed by atoms with Crippen molar-refractivity contribution in [3.63, 3.8) is 0 Å². The normalized spacial score (nSPS) is 43.5. The van der Waals surface area contributed by atoms with Gasteiger partial charge in [0.2, 0.25) is 5.91 Å². The van der Waals surface area contributed by atoms with E-state index in [9.17, 15) is 4.79 Å². The Labute approximate surface area is 147 Å². The molecular weight excluding hydrogens is 294 g/mol. The fraction of sp³-hybridized carbons (Fsp3) is 0.773. The Morgan fingerprint density at radius 1 is 1.21 bits per heavy atom.